The van der Waals surface area contributed by atoms with Crippen LogP contribution in [0.5, 0.6) is 5.75 Å². The summed E-state index contributed by atoms with van der Waals surface area (Å²) in [4.78, 5) is 0. The van der Waals surface area contributed by atoms with Crippen LogP contribution in [0.2, 0.25) is 0 Å². The number of ether oxygens (including phenoxy) is 2. The van der Waals surface area contributed by atoms with Crippen LogP contribution in [0.25, 0.3) is 0 Å². The van der Waals surface area contributed by atoms with Gasteiger partial charge in [0, 0.05) is 13.2 Å². The second kappa shape index (κ2) is 16.6. The molecule has 136 valence electrons. The van der Waals surface area contributed by atoms with Crippen LogP contribution < -0.4 is 4.74 Å². The topological polar surface area (TPSA) is 18.5 Å². The fraction of sp³-hybridized carbons (Fsp3) is 0.636. The van der Waals surface area contributed by atoms with Crippen molar-refractivity contribution in [3.8, 4) is 5.75 Å². The van der Waals surface area contributed by atoms with E-state index in [0.29, 0.717) is 0 Å². The summed E-state index contributed by atoms with van der Waals surface area (Å²) in [5.41, 5.74) is 0. The lowest BCUT2D eigenvalue weighted by Gasteiger charge is -2.06. The zero-order valence-electron chi connectivity index (χ0n) is 15.4. The molecule has 24 heavy (non-hydrogen) atoms. The summed E-state index contributed by atoms with van der Waals surface area (Å²) in [5, 5.41) is 0. The average Bonchev–Trinajstić information content (AvgIpc) is 2.62. The van der Waals surface area contributed by atoms with Crippen molar-refractivity contribution in [2.45, 2.75) is 70.6 Å². The van der Waals surface area contributed by atoms with Gasteiger partial charge in [-0.1, -0.05) is 75.6 Å². The van der Waals surface area contributed by atoms with Crippen molar-refractivity contribution in [2.24, 2.45) is 0 Å². The van der Waals surface area contributed by atoms with Crippen LogP contribution in [0, 0.1) is 0 Å². The zero-order chi connectivity index (χ0) is 17.1. The van der Waals surface area contributed by atoms with Gasteiger partial charge in [0.05, 0.1) is 6.61 Å². The largest absolute Gasteiger partial charge is 0.494 e. The van der Waals surface area contributed by atoms with Gasteiger partial charge in [-0.2, -0.15) is 0 Å². The van der Waals surface area contributed by atoms with Gasteiger partial charge in [0.1, 0.15) is 5.75 Å². The number of unbranched alkanes of at least 4 members (excludes halogenated alkanes) is 9. The van der Waals surface area contributed by atoms with Crippen LogP contribution in [0.3, 0.4) is 0 Å². The molecule has 0 bridgehead atoms. The Morgan fingerprint density at radius 3 is 1.79 bits per heavy atom. The lowest BCUT2D eigenvalue weighted by atomic mass is 10.1. The SMILES string of the molecule is C=CCCOCCCCCCCCCCCCOc1ccccc1. The molecule has 0 radical (unpaired) electrons. The fourth-order valence-corrected chi connectivity index (χ4v) is 2.70. The molecule has 1 aromatic carbocycles. The Morgan fingerprint density at radius 1 is 0.667 bits per heavy atom. The van der Waals surface area contributed by atoms with Crippen molar-refractivity contribution >= 4 is 0 Å². The Morgan fingerprint density at radius 2 is 1.21 bits per heavy atom. The maximum atomic E-state index is 5.70. The fourth-order valence-electron chi connectivity index (χ4n) is 2.70. The van der Waals surface area contributed by atoms with Crippen molar-refractivity contribution < 1.29 is 9.47 Å². The van der Waals surface area contributed by atoms with Gasteiger partial charge < -0.3 is 9.47 Å². The van der Waals surface area contributed by atoms with Gasteiger partial charge in [0.2, 0.25) is 0 Å². The van der Waals surface area contributed by atoms with Gasteiger partial charge in [0.25, 0.3) is 0 Å². The molecule has 0 atom stereocenters. The number of hydrogen-bond donors (Lipinski definition) is 0. The van der Waals surface area contributed by atoms with Gasteiger partial charge in [-0.25, -0.2) is 0 Å². The molecule has 0 unspecified atom stereocenters. The van der Waals surface area contributed by atoms with Crippen LogP contribution in [0.1, 0.15) is 70.6 Å². The highest BCUT2D eigenvalue weighted by Gasteiger charge is 1.95. The summed E-state index contributed by atoms with van der Waals surface area (Å²) in [6.45, 7) is 6.29. The van der Waals surface area contributed by atoms with Crippen LogP contribution >= 0.6 is 0 Å². The molecule has 0 aliphatic heterocycles. The molecule has 0 N–H and O–H groups in total. The number of benzene rings is 1. The summed E-state index contributed by atoms with van der Waals surface area (Å²) in [6.07, 6.45) is 16.1. The quantitative estimate of drug-likeness (QED) is 0.237. The first-order valence-corrected chi connectivity index (χ1v) is 9.80. The molecule has 2 nitrogen and oxygen atoms in total. The summed E-state index contributed by atoms with van der Waals surface area (Å²) in [7, 11) is 0. The third-order valence-corrected chi connectivity index (χ3v) is 4.16. The van der Waals surface area contributed by atoms with Gasteiger partial charge in [-0.3, -0.25) is 0 Å². The van der Waals surface area contributed by atoms with E-state index in [0.717, 1.165) is 32.0 Å². The minimum atomic E-state index is 0.833. The molecule has 1 aromatic rings. The van der Waals surface area contributed by atoms with E-state index in [4.69, 9.17) is 9.47 Å². The zero-order valence-corrected chi connectivity index (χ0v) is 15.4. The normalized spacial score (nSPS) is 10.7. The highest BCUT2D eigenvalue weighted by molar-refractivity contribution is 5.20. The van der Waals surface area contributed by atoms with Gasteiger partial charge in [-0.15, -0.1) is 6.58 Å². The van der Waals surface area contributed by atoms with Crippen LogP contribution in [-0.4, -0.2) is 19.8 Å². The third kappa shape index (κ3) is 13.2. The van der Waals surface area contributed by atoms with Crippen molar-refractivity contribution in [1.82, 2.24) is 0 Å². The average molecular weight is 333 g/mol. The molecular weight excluding hydrogens is 296 g/mol. The summed E-state index contributed by atoms with van der Waals surface area (Å²) < 4.78 is 11.2. The number of para-hydroxylation sites is 1. The van der Waals surface area contributed by atoms with Crippen molar-refractivity contribution in [3.63, 3.8) is 0 Å². The Balaban J connectivity index is 1.71. The van der Waals surface area contributed by atoms with Gasteiger partial charge in [0.15, 0.2) is 0 Å². The molecule has 0 aromatic heterocycles. The lowest BCUT2D eigenvalue weighted by Crippen LogP contribution is -1.96. The first kappa shape index (κ1) is 20.8. The van der Waals surface area contributed by atoms with E-state index in [1.54, 1.807) is 0 Å². The standard InChI is InChI=1S/C22H36O2/c1-2-3-19-23-20-15-10-8-6-4-5-7-9-11-16-21-24-22-17-13-12-14-18-22/h2,12-14,17-18H,1,3-11,15-16,19-21H2. The Labute approximate surface area is 149 Å². The first-order chi connectivity index (χ1) is 11.9. The first-order valence-electron chi connectivity index (χ1n) is 9.80. The van der Waals surface area contributed by atoms with E-state index in [2.05, 4.69) is 6.58 Å². The molecule has 0 saturated heterocycles. The Kier molecular flexibility index (Phi) is 14.3. The molecule has 0 saturated carbocycles. The molecule has 0 amide bonds. The molecule has 0 fully saturated rings. The third-order valence-electron chi connectivity index (χ3n) is 4.16. The lowest BCUT2D eigenvalue weighted by molar-refractivity contribution is 0.134. The van der Waals surface area contributed by atoms with E-state index in [1.165, 1.54) is 64.2 Å². The van der Waals surface area contributed by atoms with Gasteiger partial charge >= 0.3 is 0 Å². The molecule has 0 heterocycles. The van der Waals surface area contributed by atoms with Crippen LogP contribution in [0.15, 0.2) is 43.0 Å². The maximum absolute atomic E-state index is 5.70. The Bertz CT molecular complexity index is 375. The van der Waals surface area contributed by atoms with E-state index < -0.39 is 0 Å². The van der Waals surface area contributed by atoms with E-state index in [9.17, 15) is 0 Å². The molecule has 0 spiro atoms. The van der Waals surface area contributed by atoms with E-state index in [1.807, 2.05) is 36.4 Å². The predicted octanol–water partition coefficient (Wildman–Crippen LogP) is 6.56. The smallest absolute Gasteiger partial charge is 0.119 e. The number of hydrogen-bond acceptors (Lipinski definition) is 2. The maximum Gasteiger partial charge on any atom is 0.119 e. The molecule has 2 heteroatoms. The van der Waals surface area contributed by atoms with Crippen molar-refractivity contribution in [3.05, 3.63) is 43.0 Å². The molecule has 0 aliphatic rings. The monoisotopic (exact) mass is 332 g/mol. The van der Waals surface area contributed by atoms with E-state index >= 15 is 0 Å². The van der Waals surface area contributed by atoms with Crippen molar-refractivity contribution in [1.29, 1.82) is 0 Å². The molecule has 0 aliphatic carbocycles. The molecule has 1 rings (SSSR count). The number of rotatable bonds is 17. The predicted molar refractivity (Wildman–Crippen MR) is 104 cm³/mol. The minimum absolute atomic E-state index is 0.833. The summed E-state index contributed by atoms with van der Waals surface area (Å²) in [5.74, 6) is 0.989. The summed E-state index contributed by atoms with van der Waals surface area (Å²) >= 11 is 0. The van der Waals surface area contributed by atoms with E-state index in [-0.39, 0.29) is 0 Å². The Hall–Kier alpha value is -1.28. The molecular formula is C22H36O2. The van der Waals surface area contributed by atoms with Gasteiger partial charge in [-0.05, 0) is 31.4 Å². The second-order valence-corrected chi connectivity index (χ2v) is 6.39. The highest BCUT2D eigenvalue weighted by Crippen LogP contribution is 2.12. The van der Waals surface area contributed by atoms with Crippen LogP contribution in [-0.2, 0) is 4.74 Å². The highest BCUT2D eigenvalue weighted by atomic mass is 16.5. The summed E-state index contributed by atoms with van der Waals surface area (Å²) in [6, 6.07) is 10.1. The second-order valence-electron chi connectivity index (χ2n) is 6.39. The minimum Gasteiger partial charge on any atom is -0.494 e. The van der Waals surface area contributed by atoms with Crippen molar-refractivity contribution in [2.75, 3.05) is 19.8 Å². The van der Waals surface area contributed by atoms with Crippen LogP contribution in [0.4, 0.5) is 0 Å².